The smallest absolute Gasteiger partial charge is 0.238 e. The van der Waals surface area contributed by atoms with Crippen LogP contribution in [0.15, 0.2) is 113 Å². The van der Waals surface area contributed by atoms with E-state index in [0.717, 1.165) is 11.3 Å². The Kier molecular flexibility index (Phi) is 4.84. The third-order valence-electron chi connectivity index (χ3n) is 7.20. The van der Waals surface area contributed by atoms with Crippen LogP contribution in [0.25, 0.3) is 5.57 Å². The summed E-state index contributed by atoms with van der Waals surface area (Å²) in [5.74, 6) is -0.902. The van der Waals surface area contributed by atoms with E-state index < -0.39 is 0 Å². The molecule has 34 heavy (non-hydrogen) atoms. The predicted molar refractivity (Wildman–Crippen MR) is 132 cm³/mol. The van der Waals surface area contributed by atoms with Gasteiger partial charge in [0.1, 0.15) is 0 Å². The van der Waals surface area contributed by atoms with Gasteiger partial charge in [-0.1, -0.05) is 66.3 Å². The second kappa shape index (κ2) is 8.03. The largest absolute Gasteiger partial charge is 0.274 e. The van der Waals surface area contributed by atoms with E-state index in [1.807, 2.05) is 48.5 Å². The summed E-state index contributed by atoms with van der Waals surface area (Å²) < 4.78 is 0. The van der Waals surface area contributed by atoms with Crippen LogP contribution in [-0.2, 0) is 9.59 Å². The number of allylic oxidation sites excluding steroid dienone is 4. The molecule has 6 rings (SSSR count). The highest BCUT2D eigenvalue weighted by atomic mass is 16.2. The summed E-state index contributed by atoms with van der Waals surface area (Å²) in [5, 5.41) is 8.47. The molecule has 0 unspecified atom stereocenters. The second-order valence-electron chi connectivity index (χ2n) is 9.00. The SMILES string of the molecule is CC(=C1[C@H]2C=C[C@H]1[C@H]1C(=O)N(c3ccc(N=Nc4ccccc4)cc3)C(=O)[C@H]12)c1ccccc1. The van der Waals surface area contributed by atoms with Gasteiger partial charge in [0, 0.05) is 11.8 Å². The van der Waals surface area contributed by atoms with Crippen LogP contribution in [0.4, 0.5) is 17.1 Å². The molecule has 1 saturated heterocycles. The molecule has 2 fully saturated rings. The lowest BCUT2D eigenvalue weighted by atomic mass is 9.85. The Morgan fingerprint density at radius 2 is 1.18 bits per heavy atom. The average Bonchev–Trinajstić information content (AvgIpc) is 3.53. The van der Waals surface area contributed by atoms with Crippen molar-refractivity contribution in [3.8, 4) is 0 Å². The van der Waals surface area contributed by atoms with Crippen LogP contribution < -0.4 is 4.90 Å². The topological polar surface area (TPSA) is 62.1 Å². The molecular formula is C29H23N3O2. The van der Waals surface area contributed by atoms with Crippen LogP contribution in [0.5, 0.6) is 0 Å². The number of carbonyl (C=O) groups is 2. The number of azo groups is 1. The minimum Gasteiger partial charge on any atom is -0.274 e. The van der Waals surface area contributed by atoms with Crippen LogP contribution in [-0.4, -0.2) is 11.8 Å². The number of anilines is 1. The van der Waals surface area contributed by atoms with Crippen LogP contribution in [0, 0.1) is 23.7 Å². The Hall–Kier alpha value is -4.12. The summed E-state index contributed by atoms with van der Waals surface area (Å²) in [6.07, 6.45) is 4.24. The molecule has 3 aromatic carbocycles. The minimum atomic E-state index is -0.325. The molecular weight excluding hydrogens is 422 g/mol. The minimum absolute atomic E-state index is 0.0180. The van der Waals surface area contributed by atoms with Crippen LogP contribution in [0.1, 0.15) is 12.5 Å². The second-order valence-corrected chi connectivity index (χ2v) is 9.00. The van der Waals surface area contributed by atoms with E-state index in [9.17, 15) is 9.59 Å². The van der Waals surface area contributed by atoms with E-state index in [-0.39, 0.29) is 35.5 Å². The summed E-state index contributed by atoms with van der Waals surface area (Å²) in [6.45, 7) is 2.11. The fraction of sp³-hybridized carbons (Fsp3) is 0.172. The molecule has 0 radical (unpaired) electrons. The van der Waals surface area contributed by atoms with Gasteiger partial charge >= 0.3 is 0 Å². The highest BCUT2D eigenvalue weighted by molar-refractivity contribution is 6.23. The van der Waals surface area contributed by atoms with Crippen molar-refractivity contribution >= 4 is 34.4 Å². The summed E-state index contributed by atoms with van der Waals surface area (Å²) in [6, 6.07) is 26.8. The molecule has 0 N–H and O–H groups in total. The molecule has 0 spiro atoms. The monoisotopic (exact) mass is 445 g/mol. The summed E-state index contributed by atoms with van der Waals surface area (Å²) in [5.41, 5.74) is 5.56. The van der Waals surface area contributed by atoms with Crippen LogP contribution >= 0.6 is 0 Å². The predicted octanol–water partition coefficient (Wildman–Crippen LogP) is 6.50. The van der Waals surface area contributed by atoms with E-state index in [0.29, 0.717) is 11.4 Å². The van der Waals surface area contributed by atoms with Crippen molar-refractivity contribution in [2.45, 2.75) is 6.92 Å². The van der Waals surface area contributed by atoms with Gasteiger partial charge in [0.25, 0.3) is 0 Å². The first-order valence-corrected chi connectivity index (χ1v) is 11.5. The number of hydrogen-bond donors (Lipinski definition) is 0. The zero-order valence-corrected chi connectivity index (χ0v) is 18.7. The molecule has 2 bridgehead atoms. The zero-order valence-electron chi connectivity index (χ0n) is 18.7. The molecule has 5 nitrogen and oxygen atoms in total. The van der Waals surface area contributed by atoms with Gasteiger partial charge in [-0.3, -0.25) is 9.59 Å². The molecule has 166 valence electrons. The number of nitrogens with zero attached hydrogens (tertiary/aromatic N) is 3. The van der Waals surface area contributed by atoms with Crippen molar-refractivity contribution < 1.29 is 9.59 Å². The van der Waals surface area contributed by atoms with Gasteiger partial charge < -0.3 is 0 Å². The van der Waals surface area contributed by atoms with Gasteiger partial charge in [0.15, 0.2) is 0 Å². The van der Waals surface area contributed by atoms with E-state index in [1.165, 1.54) is 16.0 Å². The quantitative estimate of drug-likeness (QED) is 0.261. The Balaban J connectivity index is 1.26. The Labute approximate surface area is 198 Å². The fourth-order valence-corrected chi connectivity index (χ4v) is 5.65. The lowest BCUT2D eigenvalue weighted by molar-refractivity contribution is -0.122. The summed E-state index contributed by atoms with van der Waals surface area (Å²) in [7, 11) is 0. The van der Waals surface area contributed by atoms with E-state index in [1.54, 1.807) is 24.3 Å². The normalized spacial score (nSPS) is 26.6. The van der Waals surface area contributed by atoms with Gasteiger partial charge in [-0.05, 0) is 54.5 Å². The van der Waals surface area contributed by atoms with Crippen molar-refractivity contribution in [1.29, 1.82) is 0 Å². The first kappa shape index (κ1) is 20.5. The van der Waals surface area contributed by atoms with Crippen molar-refractivity contribution in [2.75, 3.05) is 4.90 Å². The van der Waals surface area contributed by atoms with Crippen molar-refractivity contribution in [2.24, 2.45) is 33.9 Å². The van der Waals surface area contributed by atoms with Crippen LogP contribution in [0.3, 0.4) is 0 Å². The fourth-order valence-electron chi connectivity index (χ4n) is 5.65. The zero-order chi connectivity index (χ0) is 23.2. The maximum atomic E-state index is 13.5. The van der Waals surface area contributed by atoms with Crippen molar-refractivity contribution in [3.63, 3.8) is 0 Å². The molecule has 1 aliphatic heterocycles. The number of imide groups is 1. The van der Waals surface area contributed by atoms with Crippen LogP contribution in [0.2, 0.25) is 0 Å². The summed E-state index contributed by atoms with van der Waals surface area (Å²) in [4.78, 5) is 28.4. The van der Waals surface area contributed by atoms with E-state index in [4.69, 9.17) is 0 Å². The molecule has 0 aromatic heterocycles. The van der Waals surface area contributed by atoms with E-state index in [2.05, 4.69) is 41.4 Å². The molecule has 2 aliphatic carbocycles. The molecule has 3 aliphatic rings. The number of rotatable bonds is 4. The third-order valence-corrected chi connectivity index (χ3v) is 7.20. The Morgan fingerprint density at radius 3 is 1.74 bits per heavy atom. The average molecular weight is 446 g/mol. The number of hydrogen-bond acceptors (Lipinski definition) is 4. The maximum Gasteiger partial charge on any atom is 0.238 e. The maximum absolute atomic E-state index is 13.5. The third kappa shape index (κ3) is 3.16. The number of carbonyl (C=O) groups excluding carboxylic acids is 2. The highest BCUT2D eigenvalue weighted by Crippen LogP contribution is 2.58. The first-order chi connectivity index (χ1) is 16.6. The number of amides is 2. The van der Waals surface area contributed by atoms with Gasteiger partial charge in [-0.25, -0.2) is 4.90 Å². The molecule has 1 heterocycles. The van der Waals surface area contributed by atoms with Gasteiger partial charge in [-0.15, -0.1) is 0 Å². The van der Waals surface area contributed by atoms with Gasteiger partial charge in [0.2, 0.25) is 11.8 Å². The lowest BCUT2D eigenvalue weighted by Gasteiger charge is -2.20. The molecule has 5 heteroatoms. The number of benzene rings is 3. The molecule has 1 saturated carbocycles. The van der Waals surface area contributed by atoms with E-state index >= 15 is 0 Å². The first-order valence-electron chi connectivity index (χ1n) is 11.5. The van der Waals surface area contributed by atoms with Gasteiger partial charge in [0.05, 0.1) is 28.9 Å². The highest BCUT2D eigenvalue weighted by Gasteiger charge is 2.62. The standard InChI is InChI=1S/C29H23N3O2/c1-18(19-8-4-2-5-9-19)25-23-16-17-24(25)27-26(23)28(33)32(29(27)34)22-14-12-21(13-15-22)31-30-20-10-6-3-7-11-20/h2-17,23-24,26-27H,1H3/t23-,24-,26-,27+/m1/s1. The van der Waals surface area contributed by atoms with Gasteiger partial charge in [-0.2, -0.15) is 10.2 Å². The molecule has 3 aromatic rings. The van der Waals surface area contributed by atoms with Crippen molar-refractivity contribution in [3.05, 3.63) is 108 Å². The molecule has 4 atom stereocenters. The Morgan fingerprint density at radius 1 is 0.676 bits per heavy atom. The Bertz CT molecular complexity index is 1320. The summed E-state index contributed by atoms with van der Waals surface area (Å²) >= 11 is 0. The van der Waals surface area contributed by atoms with Crippen molar-refractivity contribution in [1.82, 2.24) is 0 Å². The lowest BCUT2D eigenvalue weighted by Crippen LogP contribution is -2.33. The number of fused-ring (bicyclic) bond motifs is 5. The molecule has 2 amide bonds.